The lowest BCUT2D eigenvalue weighted by Gasteiger charge is -2.14. The van der Waals surface area contributed by atoms with E-state index in [0.29, 0.717) is 23.2 Å². The van der Waals surface area contributed by atoms with Crippen LogP contribution in [0, 0.1) is 11.8 Å². The molecular weight excluding hydrogens is 418 g/mol. The molecule has 1 aliphatic heterocycles. The third kappa shape index (κ3) is 7.53. The number of nitrogens with zero attached hydrogens (tertiary/aromatic N) is 3. The van der Waals surface area contributed by atoms with E-state index in [9.17, 15) is 0 Å². The Balaban J connectivity index is 1.59. The van der Waals surface area contributed by atoms with Crippen molar-refractivity contribution in [1.29, 1.82) is 0 Å². The first kappa shape index (κ1) is 23.5. The summed E-state index contributed by atoms with van der Waals surface area (Å²) < 4.78 is 5.82. The zero-order valence-corrected chi connectivity index (χ0v) is 19.2. The Morgan fingerprint density at radius 3 is 2.59 bits per heavy atom. The number of benzene rings is 1. The van der Waals surface area contributed by atoms with Crippen molar-refractivity contribution >= 4 is 17.8 Å². The first-order valence-electron chi connectivity index (χ1n) is 10.8. The number of likely N-dealkylation sites (tertiary alicyclic amines) is 1. The van der Waals surface area contributed by atoms with Crippen LogP contribution in [0.25, 0.3) is 11.1 Å². The molecular formula is C27H28ClN3O. The van der Waals surface area contributed by atoms with Gasteiger partial charge in [0.25, 0.3) is 0 Å². The highest BCUT2D eigenvalue weighted by Crippen LogP contribution is 2.20. The smallest absolute Gasteiger partial charge is 0.213 e. The molecule has 0 atom stereocenters. The average molecular weight is 446 g/mol. The van der Waals surface area contributed by atoms with E-state index in [-0.39, 0.29) is 0 Å². The van der Waals surface area contributed by atoms with Crippen LogP contribution in [0.5, 0.6) is 0 Å². The van der Waals surface area contributed by atoms with Crippen molar-refractivity contribution < 1.29 is 4.74 Å². The summed E-state index contributed by atoms with van der Waals surface area (Å²) in [6.45, 7) is 9.50. The molecule has 1 aromatic carbocycles. The van der Waals surface area contributed by atoms with Crippen LogP contribution in [-0.2, 0) is 4.74 Å². The van der Waals surface area contributed by atoms with Gasteiger partial charge in [-0.05, 0) is 68.6 Å². The highest BCUT2D eigenvalue weighted by atomic mass is 35.5. The lowest BCUT2D eigenvalue weighted by molar-refractivity contribution is 0.170. The molecule has 0 unspecified atom stereocenters. The zero-order valence-electron chi connectivity index (χ0n) is 18.4. The maximum atomic E-state index is 5.96. The third-order valence-electron chi connectivity index (χ3n) is 5.03. The van der Waals surface area contributed by atoms with Gasteiger partial charge in [0, 0.05) is 35.1 Å². The van der Waals surface area contributed by atoms with Crippen LogP contribution >= 0.6 is 11.6 Å². The van der Waals surface area contributed by atoms with Crippen molar-refractivity contribution in [3.63, 3.8) is 0 Å². The molecule has 5 heteroatoms. The van der Waals surface area contributed by atoms with Crippen LogP contribution in [0.15, 0.2) is 83.9 Å². The number of aliphatic imine (C=N–C) groups is 1. The van der Waals surface area contributed by atoms with Gasteiger partial charge in [0.05, 0.1) is 0 Å². The molecule has 0 radical (unpaired) electrons. The minimum absolute atomic E-state index is 0.533. The summed E-state index contributed by atoms with van der Waals surface area (Å²) in [6, 6.07) is 11.6. The number of ether oxygens (including phenoxy) is 1. The van der Waals surface area contributed by atoms with Crippen LogP contribution in [-0.4, -0.2) is 42.3 Å². The van der Waals surface area contributed by atoms with Crippen molar-refractivity contribution in [3.8, 4) is 23.0 Å². The molecule has 2 aromatic rings. The van der Waals surface area contributed by atoms with Crippen molar-refractivity contribution in [1.82, 2.24) is 9.88 Å². The Labute approximate surface area is 196 Å². The van der Waals surface area contributed by atoms with Gasteiger partial charge in [-0.2, -0.15) is 0 Å². The van der Waals surface area contributed by atoms with Gasteiger partial charge in [0.1, 0.15) is 12.3 Å². The Kier molecular flexibility index (Phi) is 9.31. The van der Waals surface area contributed by atoms with E-state index >= 15 is 0 Å². The van der Waals surface area contributed by atoms with E-state index in [1.54, 1.807) is 18.4 Å². The molecule has 2 heterocycles. The van der Waals surface area contributed by atoms with Crippen LogP contribution in [0.2, 0.25) is 5.02 Å². The predicted octanol–water partition coefficient (Wildman–Crippen LogP) is 5.91. The fourth-order valence-corrected chi connectivity index (χ4v) is 3.37. The summed E-state index contributed by atoms with van der Waals surface area (Å²) in [5, 5.41) is 0.716. The topological polar surface area (TPSA) is 37.7 Å². The highest BCUT2D eigenvalue weighted by molar-refractivity contribution is 6.30. The molecule has 1 aliphatic rings. The van der Waals surface area contributed by atoms with Crippen LogP contribution in [0.4, 0.5) is 0 Å². The lowest BCUT2D eigenvalue weighted by atomic mass is 10.1. The van der Waals surface area contributed by atoms with Gasteiger partial charge in [0.2, 0.25) is 5.88 Å². The van der Waals surface area contributed by atoms with Crippen molar-refractivity contribution in [2.75, 3.05) is 26.2 Å². The van der Waals surface area contributed by atoms with Crippen molar-refractivity contribution in [3.05, 3.63) is 89.6 Å². The summed E-state index contributed by atoms with van der Waals surface area (Å²) in [5.41, 5.74) is 3.56. The molecule has 0 aliphatic carbocycles. The number of hydrogen-bond donors (Lipinski definition) is 0. The van der Waals surface area contributed by atoms with E-state index < -0.39 is 0 Å². The predicted molar refractivity (Wildman–Crippen MR) is 134 cm³/mol. The Hall–Kier alpha value is -3.13. The Morgan fingerprint density at radius 2 is 1.94 bits per heavy atom. The molecule has 0 amide bonds. The van der Waals surface area contributed by atoms with Gasteiger partial charge in [-0.15, -0.1) is 0 Å². The molecule has 3 rings (SSSR count). The maximum absolute atomic E-state index is 5.96. The first-order chi connectivity index (χ1) is 15.7. The molecule has 0 saturated carbocycles. The van der Waals surface area contributed by atoms with Crippen LogP contribution in [0.1, 0.15) is 25.5 Å². The average Bonchev–Trinajstić information content (AvgIpc) is 3.33. The molecule has 4 nitrogen and oxygen atoms in total. The van der Waals surface area contributed by atoms with Gasteiger partial charge < -0.3 is 4.74 Å². The number of halogens is 1. The molecule has 0 N–H and O–H groups in total. The lowest BCUT2D eigenvalue weighted by Crippen LogP contribution is -2.23. The van der Waals surface area contributed by atoms with E-state index in [0.717, 1.165) is 36.3 Å². The van der Waals surface area contributed by atoms with Crippen molar-refractivity contribution in [2.45, 2.75) is 19.8 Å². The van der Waals surface area contributed by atoms with Gasteiger partial charge in [-0.1, -0.05) is 54.5 Å². The second-order valence-electron chi connectivity index (χ2n) is 7.33. The number of hydrogen-bond acceptors (Lipinski definition) is 4. The fourth-order valence-electron chi connectivity index (χ4n) is 3.24. The molecule has 32 heavy (non-hydrogen) atoms. The number of rotatable bonds is 8. The molecule has 1 fully saturated rings. The minimum atomic E-state index is 0.533. The van der Waals surface area contributed by atoms with E-state index in [2.05, 4.69) is 33.3 Å². The van der Waals surface area contributed by atoms with Gasteiger partial charge in [-0.25, -0.2) is 9.98 Å². The highest BCUT2D eigenvalue weighted by Gasteiger charge is 2.10. The standard InChI is InChI=1S/C27H28ClN3O/c1-3-7-27(32-19-18-31-16-5-6-17-31)30-20-22(4-2)8-14-26-15-11-24(21-29-26)23-9-12-25(28)13-10-23/h3-4,7,9-13,15,20-21H,1,5-6,16-19H2,2H3/b22-4-,27-7-,30-20-. The van der Waals surface area contributed by atoms with Gasteiger partial charge in [0.15, 0.2) is 0 Å². The Morgan fingerprint density at radius 1 is 1.19 bits per heavy atom. The van der Waals surface area contributed by atoms with E-state index in [1.165, 1.54) is 12.8 Å². The normalized spacial score (nSPS) is 14.9. The first-order valence-corrected chi connectivity index (χ1v) is 11.2. The minimum Gasteiger partial charge on any atom is -0.476 e. The molecule has 1 aromatic heterocycles. The van der Waals surface area contributed by atoms with Crippen molar-refractivity contribution in [2.24, 2.45) is 4.99 Å². The second-order valence-corrected chi connectivity index (χ2v) is 7.77. The van der Waals surface area contributed by atoms with E-state index in [1.807, 2.05) is 55.6 Å². The monoisotopic (exact) mass is 445 g/mol. The summed E-state index contributed by atoms with van der Waals surface area (Å²) >= 11 is 5.96. The number of allylic oxidation sites excluding steroid dienone is 4. The van der Waals surface area contributed by atoms with E-state index in [4.69, 9.17) is 16.3 Å². The molecule has 164 valence electrons. The quantitative estimate of drug-likeness (QED) is 0.219. The maximum Gasteiger partial charge on any atom is 0.213 e. The molecule has 0 bridgehead atoms. The largest absolute Gasteiger partial charge is 0.476 e. The zero-order chi connectivity index (χ0) is 22.6. The van der Waals surface area contributed by atoms with Crippen LogP contribution in [0.3, 0.4) is 0 Å². The number of aromatic nitrogens is 1. The number of pyridine rings is 1. The summed E-state index contributed by atoms with van der Waals surface area (Å²) in [4.78, 5) is 11.3. The molecule has 0 spiro atoms. The third-order valence-corrected chi connectivity index (χ3v) is 5.29. The summed E-state index contributed by atoms with van der Waals surface area (Å²) in [7, 11) is 0. The van der Waals surface area contributed by atoms with Gasteiger partial charge in [-0.3, -0.25) is 4.90 Å². The Bertz CT molecular complexity index is 1040. The fraction of sp³-hybridized carbons (Fsp3) is 0.259. The summed E-state index contributed by atoms with van der Waals surface area (Å²) in [5.74, 6) is 6.74. The SMILES string of the molecule is C=C/C=C(/N=C\C(C#Cc1ccc(-c2ccc(Cl)cc2)cn1)=C/C)OCCN1CCCC1. The van der Waals surface area contributed by atoms with Crippen LogP contribution < -0.4 is 0 Å². The molecule has 1 saturated heterocycles. The van der Waals surface area contributed by atoms with Gasteiger partial charge >= 0.3 is 0 Å². The summed E-state index contributed by atoms with van der Waals surface area (Å²) in [6.07, 6.45) is 11.4. The second kappa shape index (κ2) is 12.7.